The highest BCUT2D eigenvalue weighted by Gasteiger charge is 2.02. The van der Waals surface area contributed by atoms with Gasteiger partial charge in [0, 0.05) is 17.0 Å². The van der Waals surface area contributed by atoms with Crippen LogP contribution in [0.15, 0.2) is 42.6 Å². The second-order valence-electron chi connectivity index (χ2n) is 4.35. The Labute approximate surface area is 119 Å². The van der Waals surface area contributed by atoms with Crippen LogP contribution in [0.5, 0.6) is 5.75 Å². The molecule has 0 radical (unpaired) electrons. The van der Waals surface area contributed by atoms with Gasteiger partial charge in [-0.1, -0.05) is 38.1 Å². The number of para-hydroxylation sites is 1. The van der Waals surface area contributed by atoms with E-state index in [-0.39, 0.29) is 0 Å². The molecule has 2 aromatic rings. The highest BCUT2D eigenvalue weighted by Crippen LogP contribution is 2.19. The summed E-state index contributed by atoms with van der Waals surface area (Å²) in [6.07, 6.45) is 5.54. The minimum Gasteiger partial charge on any atom is -0.462 e. The Morgan fingerprint density at radius 2 is 1.85 bits per heavy atom. The quantitative estimate of drug-likeness (QED) is 0.899. The third-order valence-electron chi connectivity index (χ3n) is 2.90. The van der Waals surface area contributed by atoms with E-state index in [0.29, 0.717) is 0 Å². The maximum Gasteiger partial charge on any atom is 0.133 e. The van der Waals surface area contributed by atoms with Gasteiger partial charge in [-0.2, -0.15) is 0 Å². The molecule has 3 nitrogen and oxygen atoms in total. The number of nitrogens with one attached hydrogen (secondary N) is 1. The average Bonchev–Trinajstić information content (AvgIpc) is 2.68. The fraction of sp³-hybridized carbons (Fsp3) is 0.235. The van der Waals surface area contributed by atoms with E-state index >= 15 is 0 Å². The molecule has 0 saturated heterocycles. The van der Waals surface area contributed by atoms with Gasteiger partial charge in [-0.05, 0) is 31.3 Å². The number of rotatable bonds is 2. The van der Waals surface area contributed by atoms with Gasteiger partial charge in [0.2, 0.25) is 0 Å². The summed E-state index contributed by atoms with van der Waals surface area (Å²) in [6, 6.07) is 11.9. The number of pyridine rings is 1. The van der Waals surface area contributed by atoms with Gasteiger partial charge in [0.15, 0.2) is 0 Å². The Morgan fingerprint density at radius 1 is 1.05 bits per heavy atom. The second-order valence-corrected chi connectivity index (χ2v) is 4.35. The highest BCUT2D eigenvalue weighted by atomic mass is 16.5. The summed E-state index contributed by atoms with van der Waals surface area (Å²) < 4.78 is 5.56. The van der Waals surface area contributed by atoms with E-state index < -0.39 is 0 Å². The van der Waals surface area contributed by atoms with Crippen LogP contribution in [-0.4, -0.2) is 18.1 Å². The Balaban J connectivity index is 0.000000257. The number of nitrogens with zero attached hydrogens (tertiary/aromatic N) is 1. The maximum atomic E-state index is 5.56. The average molecular weight is 268 g/mol. The summed E-state index contributed by atoms with van der Waals surface area (Å²) in [5.74, 6) is 0.871. The van der Waals surface area contributed by atoms with E-state index in [1.807, 2.05) is 36.4 Å². The van der Waals surface area contributed by atoms with Crippen LogP contribution in [0, 0.1) is 0 Å². The molecule has 0 amide bonds. The molecule has 2 heterocycles. The Hall–Kier alpha value is -2.13. The first kappa shape index (κ1) is 14.3. The minimum atomic E-state index is 0.869. The normalized spacial score (nSPS) is 11.3. The lowest BCUT2D eigenvalue weighted by Gasteiger charge is -2.01. The molecule has 20 heavy (non-hydrogen) atoms. The van der Waals surface area contributed by atoms with Crippen molar-refractivity contribution in [2.24, 2.45) is 0 Å². The van der Waals surface area contributed by atoms with Crippen LogP contribution in [-0.2, 0) is 0 Å². The third kappa shape index (κ3) is 3.68. The van der Waals surface area contributed by atoms with Crippen molar-refractivity contribution in [1.82, 2.24) is 10.3 Å². The van der Waals surface area contributed by atoms with E-state index in [2.05, 4.69) is 30.2 Å². The SMILES string of the molecule is C1=c2cccnc2=COc2ccccc21.CCNCC. The van der Waals surface area contributed by atoms with E-state index in [1.165, 1.54) is 0 Å². The molecule has 104 valence electrons. The molecular weight excluding hydrogens is 248 g/mol. The van der Waals surface area contributed by atoms with Gasteiger partial charge >= 0.3 is 0 Å². The van der Waals surface area contributed by atoms with Crippen molar-refractivity contribution in [3.8, 4) is 5.75 Å². The largest absolute Gasteiger partial charge is 0.462 e. The molecule has 0 spiro atoms. The zero-order valence-corrected chi connectivity index (χ0v) is 12.0. The fourth-order valence-corrected chi connectivity index (χ4v) is 1.89. The number of aromatic nitrogens is 1. The minimum absolute atomic E-state index is 0.869. The molecule has 0 saturated carbocycles. The molecule has 0 unspecified atom stereocenters. The molecule has 0 aliphatic carbocycles. The number of ether oxygens (including phenoxy) is 1. The lowest BCUT2D eigenvalue weighted by molar-refractivity contribution is 0.538. The van der Waals surface area contributed by atoms with Crippen molar-refractivity contribution < 1.29 is 4.74 Å². The van der Waals surface area contributed by atoms with Crippen molar-refractivity contribution >= 4 is 12.3 Å². The van der Waals surface area contributed by atoms with Gasteiger partial charge in [0.05, 0.1) is 0 Å². The van der Waals surface area contributed by atoms with Crippen molar-refractivity contribution in [3.05, 3.63) is 58.7 Å². The van der Waals surface area contributed by atoms with Gasteiger partial charge in [0.25, 0.3) is 0 Å². The number of benzene rings is 1. The maximum absolute atomic E-state index is 5.56. The summed E-state index contributed by atoms with van der Waals surface area (Å²) in [5, 5.41) is 5.07. The van der Waals surface area contributed by atoms with Crippen molar-refractivity contribution in [2.45, 2.75) is 13.8 Å². The summed E-state index contributed by atoms with van der Waals surface area (Å²) in [5.41, 5.74) is 1.08. The van der Waals surface area contributed by atoms with Crippen molar-refractivity contribution in [2.75, 3.05) is 13.1 Å². The predicted molar refractivity (Wildman–Crippen MR) is 82.8 cm³/mol. The predicted octanol–water partition coefficient (Wildman–Crippen LogP) is 1.66. The van der Waals surface area contributed by atoms with Crippen LogP contribution >= 0.6 is 0 Å². The molecule has 3 rings (SSSR count). The van der Waals surface area contributed by atoms with Crippen LogP contribution in [0.4, 0.5) is 0 Å². The summed E-state index contributed by atoms with van der Waals surface area (Å²) in [7, 11) is 0. The number of hydrogen-bond donors (Lipinski definition) is 1. The summed E-state index contributed by atoms with van der Waals surface area (Å²) in [6.45, 7) is 6.39. The van der Waals surface area contributed by atoms with Gasteiger partial charge < -0.3 is 10.1 Å². The first-order chi connectivity index (χ1) is 9.85. The van der Waals surface area contributed by atoms with E-state index in [1.54, 1.807) is 12.5 Å². The molecule has 3 heteroatoms. The summed E-state index contributed by atoms with van der Waals surface area (Å²) in [4.78, 5) is 4.25. The van der Waals surface area contributed by atoms with Crippen LogP contribution in [0.25, 0.3) is 12.3 Å². The van der Waals surface area contributed by atoms with Crippen molar-refractivity contribution in [3.63, 3.8) is 0 Å². The van der Waals surface area contributed by atoms with E-state index in [9.17, 15) is 0 Å². The zero-order chi connectivity index (χ0) is 14.2. The lowest BCUT2D eigenvalue weighted by Crippen LogP contribution is -2.27. The fourth-order valence-electron chi connectivity index (χ4n) is 1.89. The molecular formula is C17H20N2O. The lowest BCUT2D eigenvalue weighted by atomic mass is 10.1. The molecule has 1 aliphatic heterocycles. The first-order valence-electron chi connectivity index (χ1n) is 6.94. The molecule has 1 aromatic carbocycles. The van der Waals surface area contributed by atoms with Gasteiger partial charge in [-0.25, -0.2) is 0 Å². The van der Waals surface area contributed by atoms with Gasteiger partial charge in [-0.3, -0.25) is 4.98 Å². The molecule has 0 bridgehead atoms. The van der Waals surface area contributed by atoms with E-state index in [4.69, 9.17) is 4.74 Å². The van der Waals surface area contributed by atoms with E-state index in [0.717, 1.165) is 35.0 Å². The van der Waals surface area contributed by atoms with Crippen LogP contribution in [0.1, 0.15) is 19.4 Å². The standard InChI is InChI=1S/C13H9NO.C4H11N/c1-2-6-13-11(4-1)8-10-5-3-7-14-12(10)9-15-13;1-3-5-4-2/h1-9H;5H,3-4H2,1-2H3. The molecule has 0 fully saturated rings. The van der Waals surface area contributed by atoms with Gasteiger partial charge in [-0.15, -0.1) is 0 Å². The number of fused-ring (bicyclic) bond motifs is 2. The van der Waals surface area contributed by atoms with Crippen LogP contribution in [0.3, 0.4) is 0 Å². The third-order valence-corrected chi connectivity index (χ3v) is 2.90. The van der Waals surface area contributed by atoms with Crippen LogP contribution < -0.4 is 20.6 Å². The zero-order valence-electron chi connectivity index (χ0n) is 12.0. The Morgan fingerprint density at radius 3 is 2.60 bits per heavy atom. The number of hydrogen-bond acceptors (Lipinski definition) is 3. The molecule has 1 N–H and O–H groups in total. The van der Waals surface area contributed by atoms with Crippen molar-refractivity contribution in [1.29, 1.82) is 0 Å². The first-order valence-corrected chi connectivity index (χ1v) is 6.94. The highest BCUT2D eigenvalue weighted by molar-refractivity contribution is 5.59. The molecule has 0 atom stereocenters. The Bertz CT molecular complexity index is 663. The summed E-state index contributed by atoms with van der Waals surface area (Å²) >= 11 is 0. The van der Waals surface area contributed by atoms with Gasteiger partial charge in [0.1, 0.15) is 17.4 Å². The molecule has 1 aromatic heterocycles. The Kier molecular flexibility index (Phi) is 5.33. The topological polar surface area (TPSA) is 34.1 Å². The monoisotopic (exact) mass is 268 g/mol. The van der Waals surface area contributed by atoms with Crippen LogP contribution in [0.2, 0.25) is 0 Å². The second kappa shape index (κ2) is 7.46. The smallest absolute Gasteiger partial charge is 0.133 e. The molecule has 1 aliphatic rings.